The SMILES string of the molecule is CCC1CCCCN1CC(C)(C)C(NC)c1ccccc1. The van der Waals surface area contributed by atoms with Crippen LogP contribution in [0, 0.1) is 5.41 Å². The second-order valence-corrected chi connectivity index (χ2v) is 7.15. The van der Waals surface area contributed by atoms with Crippen LogP contribution in [0.3, 0.4) is 0 Å². The second kappa shape index (κ2) is 7.42. The van der Waals surface area contributed by atoms with Gasteiger partial charge < -0.3 is 5.32 Å². The van der Waals surface area contributed by atoms with Gasteiger partial charge in [0.25, 0.3) is 0 Å². The van der Waals surface area contributed by atoms with Gasteiger partial charge in [0.1, 0.15) is 0 Å². The number of nitrogens with one attached hydrogen (secondary N) is 1. The summed E-state index contributed by atoms with van der Waals surface area (Å²) in [7, 11) is 2.09. The number of hydrogen-bond acceptors (Lipinski definition) is 2. The number of nitrogens with zero attached hydrogens (tertiary/aromatic N) is 1. The minimum atomic E-state index is 0.223. The highest BCUT2D eigenvalue weighted by Crippen LogP contribution is 2.35. The van der Waals surface area contributed by atoms with E-state index in [-0.39, 0.29) is 5.41 Å². The van der Waals surface area contributed by atoms with E-state index in [0.29, 0.717) is 6.04 Å². The van der Waals surface area contributed by atoms with Crippen LogP contribution in [-0.2, 0) is 0 Å². The summed E-state index contributed by atoms with van der Waals surface area (Å²) in [5, 5.41) is 3.55. The Bertz CT molecular complexity index is 413. The molecule has 0 aliphatic carbocycles. The summed E-state index contributed by atoms with van der Waals surface area (Å²) < 4.78 is 0. The average molecular weight is 288 g/mol. The molecule has 1 aromatic carbocycles. The number of likely N-dealkylation sites (tertiary alicyclic amines) is 1. The molecule has 2 rings (SSSR count). The predicted molar refractivity (Wildman–Crippen MR) is 91.5 cm³/mol. The average Bonchev–Trinajstić information content (AvgIpc) is 2.49. The standard InChI is InChI=1S/C19H32N2/c1-5-17-13-9-10-14-21(17)15-19(2,3)18(20-4)16-11-7-6-8-12-16/h6-8,11-12,17-18,20H,5,9-10,13-15H2,1-4H3. The lowest BCUT2D eigenvalue weighted by atomic mass is 9.79. The molecule has 1 aliphatic rings. The molecule has 1 fully saturated rings. The highest BCUT2D eigenvalue weighted by molar-refractivity contribution is 5.21. The first-order valence-electron chi connectivity index (χ1n) is 8.54. The van der Waals surface area contributed by atoms with Gasteiger partial charge in [0.15, 0.2) is 0 Å². The van der Waals surface area contributed by atoms with Crippen molar-refractivity contribution in [2.75, 3.05) is 20.1 Å². The molecule has 2 atom stereocenters. The first-order chi connectivity index (χ1) is 10.1. The summed E-state index contributed by atoms with van der Waals surface area (Å²) in [5.74, 6) is 0. The van der Waals surface area contributed by atoms with Gasteiger partial charge in [0, 0.05) is 18.6 Å². The summed E-state index contributed by atoms with van der Waals surface area (Å²) in [6.07, 6.45) is 5.43. The molecule has 0 amide bonds. The van der Waals surface area contributed by atoms with Gasteiger partial charge in [-0.2, -0.15) is 0 Å². The lowest BCUT2D eigenvalue weighted by molar-refractivity contribution is 0.0746. The summed E-state index contributed by atoms with van der Waals surface area (Å²) in [5.41, 5.74) is 1.62. The van der Waals surface area contributed by atoms with Gasteiger partial charge in [-0.25, -0.2) is 0 Å². The molecular formula is C19H32N2. The molecule has 118 valence electrons. The maximum absolute atomic E-state index is 3.55. The van der Waals surface area contributed by atoms with Crippen molar-refractivity contribution in [1.29, 1.82) is 0 Å². The van der Waals surface area contributed by atoms with Crippen molar-refractivity contribution in [3.63, 3.8) is 0 Å². The van der Waals surface area contributed by atoms with Crippen LogP contribution in [0.4, 0.5) is 0 Å². The zero-order valence-corrected chi connectivity index (χ0v) is 14.2. The molecule has 0 aromatic heterocycles. The highest BCUT2D eigenvalue weighted by Gasteiger charge is 2.34. The quantitative estimate of drug-likeness (QED) is 0.842. The Hall–Kier alpha value is -0.860. The monoisotopic (exact) mass is 288 g/mol. The Labute approximate surface area is 130 Å². The molecule has 1 saturated heterocycles. The van der Waals surface area contributed by atoms with Gasteiger partial charge >= 0.3 is 0 Å². The van der Waals surface area contributed by atoms with Crippen molar-refractivity contribution in [1.82, 2.24) is 10.2 Å². The summed E-state index contributed by atoms with van der Waals surface area (Å²) in [6, 6.07) is 12.1. The third-order valence-corrected chi connectivity index (χ3v) is 5.03. The molecule has 1 aliphatic heterocycles. The Morgan fingerprint density at radius 1 is 1.24 bits per heavy atom. The van der Waals surface area contributed by atoms with Gasteiger partial charge in [0.05, 0.1) is 0 Å². The van der Waals surface area contributed by atoms with E-state index in [1.807, 2.05) is 0 Å². The van der Waals surface area contributed by atoms with Crippen molar-refractivity contribution in [3.8, 4) is 0 Å². The Balaban J connectivity index is 2.11. The number of rotatable bonds is 6. The van der Waals surface area contributed by atoms with E-state index in [0.717, 1.165) is 6.04 Å². The molecule has 0 spiro atoms. The zero-order valence-electron chi connectivity index (χ0n) is 14.2. The van der Waals surface area contributed by atoms with Crippen molar-refractivity contribution >= 4 is 0 Å². The van der Waals surface area contributed by atoms with Gasteiger partial charge in [-0.15, -0.1) is 0 Å². The molecule has 0 saturated carbocycles. The van der Waals surface area contributed by atoms with E-state index >= 15 is 0 Å². The summed E-state index contributed by atoms with van der Waals surface area (Å²) in [6.45, 7) is 9.59. The third kappa shape index (κ3) is 4.08. The smallest absolute Gasteiger partial charge is 0.0381 e. The minimum absolute atomic E-state index is 0.223. The fraction of sp³-hybridized carbons (Fsp3) is 0.684. The third-order valence-electron chi connectivity index (χ3n) is 5.03. The molecule has 2 heteroatoms. The first kappa shape index (κ1) is 16.5. The van der Waals surface area contributed by atoms with E-state index in [1.54, 1.807) is 0 Å². The van der Waals surface area contributed by atoms with E-state index in [4.69, 9.17) is 0 Å². The highest BCUT2D eigenvalue weighted by atomic mass is 15.2. The fourth-order valence-electron chi connectivity index (χ4n) is 4.00. The van der Waals surface area contributed by atoms with Crippen molar-refractivity contribution < 1.29 is 0 Å². The minimum Gasteiger partial charge on any atom is -0.313 e. The Kier molecular flexibility index (Phi) is 5.83. The summed E-state index contributed by atoms with van der Waals surface area (Å²) in [4.78, 5) is 2.73. The van der Waals surface area contributed by atoms with Crippen LogP contribution < -0.4 is 5.32 Å². The molecule has 21 heavy (non-hydrogen) atoms. The molecule has 1 N–H and O–H groups in total. The number of benzene rings is 1. The normalized spacial score (nSPS) is 22.2. The molecule has 1 aromatic rings. The van der Waals surface area contributed by atoms with Gasteiger partial charge in [-0.05, 0) is 43.8 Å². The molecular weight excluding hydrogens is 256 g/mol. The van der Waals surface area contributed by atoms with Gasteiger partial charge in [-0.3, -0.25) is 4.90 Å². The van der Waals surface area contributed by atoms with Crippen LogP contribution in [0.5, 0.6) is 0 Å². The van der Waals surface area contributed by atoms with Crippen molar-refractivity contribution in [2.45, 2.75) is 58.5 Å². The number of hydrogen-bond donors (Lipinski definition) is 1. The maximum Gasteiger partial charge on any atom is 0.0381 e. The van der Waals surface area contributed by atoms with Crippen LogP contribution in [0.25, 0.3) is 0 Å². The van der Waals surface area contributed by atoms with Gasteiger partial charge in [0.2, 0.25) is 0 Å². The van der Waals surface area contributed by atoms with E-state index in [2.05, 4.69) is 68.4 Å². The maximum atomic E-state index is 3.55. The van der Waals surface area contributed by atoms with Crippen LogP contribution in [0.2, 0.25) is 0 Å². The topological polar surface area (TPSA) is 15.3 Å². The summed E-state index contributed by atoms with van der Waals surface area (Å²) >= 11 is 0. The molecule has 2 unspecified atom stereocenters. The van der Waals surface area contributed by atoms with Crippen LogP contribution >= 0.6 is 0 Å². The van der Waals surface area contributed by atoms with E-state index in [9.17, 15) is 0 Å². The lowest BCUT2D eigenvalue weighted by Gasteiger charge is -2.43. The first-order valence-corrected chi connectivity index (χ1v) is 8.54. The lowest BCUT2D eigenvalue weighted by Crippen LogP contribution is -2.47. The Morgan fingerprint density at radius 2 is 1.95 bits per heavy atom. The van der Waals surface area contributed by atoms with E-state index in [1.165, 1.54) is 44.3 Å². The van der Waals surface area contributed by atoms with Gasteiger partial charge in [-0.1, -0.05) is 57.5 Å². The zero-order chi connectivity index (χ0) is 15.3. The van der Waals surface area contributed by atoms with Crippen LogP contribution in [-0.4, -0.2) is 31.1 Å². The van der Waals surface area contributed by atoms with E-state index < -0.39 is 0 Å². The molecule has 0 radical (unpaired) electrons. The second-order valence-electron chi connectivity index (χ2n) is 7.15. The van der Waals surface area contributed by atoms with Crippen LogP contribution in [0.1, 0.15) is 58.1 Å². The Morgan fingerprint density at radius 3 is 2.57 bits per heavy atom. The molecule has 0 bridgehead atoms. The van der Waals surface area contributed by atoms with Crippen molar-refractivity contribution in [3.05, 3.63) is 35.9 Å². The molecule has 2 nitrogen and oxygen atoms in total. The molecule has 1 heterocycles. The number of piperidine rings is 1. The van der Waals surface area contributed by atoms with Crippen LogP contribution in [0.15, 0.2) is 30.3 Å². The largest absolute Gasteiger partial charge is 0.313 e. The fourth-order valence-corrected chi connectivity index (χ4v) is 4.00. The predicted octanol–water partition coefficient (Wildman–Crippen LogP) is 4.24. The van der Waals surface area contributed by atoms with Crippen molar-refractivity contribution in [2.24, 2.45) is 5.41 Å².